The molecular formula is C14H19N3O4. The summed E-state index contributed by atoms with van der Waals surface area (Å²) in [4.78, 5) is 34.2. The molecule has 0 saturated carbocycles. The highest BCUT2D eigenvalue weighted by molar-refractivity contribution is 5.87. The number of carbonyl (C=O) groups excluding carboxylic acids is 3. The Bertz CT molecular complexity index is 490. The van der Waals surface area contributed by atoms with Crippen LogP contribution in [0.15, 0.2) is 30.3 Å². The van der Waals surface area contributed by atoms with Gasteiger partial charge in [-0.05, 0) is 5.56 Å². The Labute approximate surface area is 123 Å². The normalized spacial score (nSPS) is 11.3. The summed E-state index contributed by atoms with van der Waals surface area (Å²) in [5.74, 6) is -1.34. The standard InChI is InChI=1S/C14H19N3O4/c1-10(18)17-13(15-9-12(19)21-2)14(20)16-8-11-6-4-3-5-7-11/h3-7,13,15H,8-9H2,1-2H3,(H,16,20)(H,17,18). The van der Waals surface area contributed by atoms with Crippen molar-refractivity contribution in [2.75, 3.05) is 13.7 Å². The van der Waals surface area contributed by atoms with Crippen LogP contribution in [0.3, 0.4) is 0 Å². The van der Waals surface area contributed by atoms with E-state index in [0.29, 0.717) is 6.54 Å². The number of rotatable bonds is 7. The van der Waals surface area contributed by atoms with Gasteiger partial charge in [0.2, 0.25) is 5.91 Å². The maximum Gasteiger partial charge on any atom is 0.319 e. The fraction of sp³-hybridized carbons (Fsp3) is 0.357. The van der Waals surface area contributed by atoms with Gasteiger partial charge in [0, 0.05) is 13.5 Å². The molecule has 0 saturated heterocycles. The van der Waals surface area contributed by atoms with Crippen LogP contribution in [-0.4, -0.2) is 37.6 Å². The smallest absolute Gasteiger partial charge is 0.319 e. The number of methoxy groups -OCH3 is 1. The Morgan fingerprint density at radius 2 is 1.86 bits per heavy atom. The van der Waals surface area contributed by atoms with Crippen molar-refractivity contribution in [3.8, 4) is 0 Å². The molecule has 0 bridgehead atoms. The van der Waals surface area contributed by atoms with Crippen molar-refractivity contribution in [1.82, 2.24) is 16.0 Å². The lowest BCUT2D eigenvalue weighted by molar-refractivity contribution is -0.140. The molecule has 1 aromatic rings. The Balaban J connectivity index is 2.53. The van der Waals surface area contributed by atoms with Gasteiger partial charge < -0.3 is 15.4 Å². The molecule has 0 spiro atoms. The van der Waals surface area contributed by atoms with Crippen LogP contribution < -0.4 is 16.0 Å². The van der Waals surface area contributed by atoms with E-state index >= 15 is 0 Å². The van der Waals surface area contributed by atoms with Crippen molar-refractivity contribution in [3.63, 3.8) is 0 Å². The fourth-order valence-corrected chi connectivity index (χ4v) is 1.56. The van der Waals surface area contributed by atoms with Gasteiger partial charge in [-0.2, -0.15) is 0 Å². The van der Waals surface area contributed by atoms with E-state index in [0.717, 1.165) is 5.56 Å². The molecule has 114 valence electrons. The molecule has 7 nitrogen and oxygen atoms in total. The van der Waals surface area contributed by atoms with Crippen molar-refractivity contribution in [3.05, 3.63) is 35.9 Å². The van der Waals surface area contributed by atoms with Gasteiger partial charge in [0.1, 0.15) is 0 Å². The monoisotopic (exact) mass is 293 g/mol. The second-order valence-electron chi connectivity index (χ2n) is 4.29. The summed E-state index contributed by atoms with van der Waals surface area (Å²) in [5.41, 5.74) is 0.931. The third-order valence-electron chi connectivity index (χ3n) is 2.60. The molecule has 1 rings (SSSR count). The van der Waals surface area contributed by atoms with E-state index in [2.05, 4.69) is 20.7 Å². The third kappa shape index (κ3) is 6.53. The van der Waals surface area contributed by atoms with E-state index in [1.165, 1.54) is 14.0 Å². The number of nitrogens with one attached hydrogen (secondary N) is 3. The van der Waals surface area contributed by atoms with Crippen molar-refractivity contribution < 1.29 is 19.1 Å². The third-order valence-corrected chi connectivity index (χ3v) is 2.60. The van der Waals surface area contributed by atoms with E-state index < -0.39 is 18.0 Å². The Morgan fingerprint density at radius 3 is 2.43 bits per heavy atom. The quantitative estimate of drug-likeness (QED) is 0.466. The van der Waals surface area contributed by atoms with E-state index in [4.69, 9.17) is 0 Å². The summed E-state index contributed by atoms with van der Waals surface area (Å²) >= 11 is 0. The second-order valence-corrected chi connectivity index (χ2v) is 4.29. The van der Waals surface area contributed by atoms with Gasteiger partial charge in [0.25, 0.3) is 5.91 Å². The average molecular weight is 293 g/mol. The summed E-state index contributed by atoms with van der Waals surface area (Å²) in [6, 6.07) is 9.35. The SMILES string of the molecule is COC(=O)CNC(NC(C)=O)C(=O)NCc1ccccc1. The molecule has 0 aliphatic heterocycles. The van der Waals surface area contributed by atoms with Crippen LogP contribution in [-0.2, 0) is 25.7 Å². The summed E-state index contributed by atoms with van der Waals surface area (Å²) in [5, 5.41) is 7.72. The van der Waals surface area contributed by atoms with E-state index in [1.54, 1.807) is 0 Å². The number of esters is 1. The number of hydrogen-bond acceptors (Lipinski definition) is 5. The summed E-state index contributed by atoms with van der Waals surface area (Å²) in [7, 11) is 1.24. The predicted molar refractivity (Wildman–Crippen MR) is 75.9 cm³/mol. The highest BCUT2D eigenvalue weighted by Crippen LogP contribution is 1.97. The van der Waals surface area contributed by atoms with Crippen LogP contribution in [0.1, 0.15) is 12.5 Å². The molecule has 0 radical (unpaired) electrons. The van der Waals surface area contributed by atoms with Gasteiger partial charge >= 0.3 is 5.97 Å². The van der Waals surface area contributed by atoms with Crippen molar-refractivity contribution in [2.24, 2.45) is 0 Å². The molecule has 7 heteroatoms. The van der Waals surface area contributed by atoms with E-state index in [1.807, 2.05) is 30.3 Å². The number of benzene rings is 1. The van der Waals surface area contributed by atoms with Gasteiger partial charge in [-0.1, -0.05) is 30.3 Å². The van der Waals surface area contributed by atoms with Gasteiger partial charge in [-0.25, -0.2) is 0 Å². The number of carbonyl (C=O) groups is 3. The average Bonchev–Trinajstić information content (AvgIpc) is 2.49. The van der Waals surface area contributed by atoms with Gasteiger partial charge in [0.05, 0.1) is 13.7 Å². The van der Waals surface area contributed by atoms with Gasteiger partial charge in [0.15, 0.2) is 6.17 Å². The largest absolute Gasteiger partial charge is 0.468 e. The molecule has 21 heavy (non-hydrogen) atoms. The van der Waals surface area contributed by atoms with Crippen LogP contribution in [0.5, 0.6) is 0 Å². The molecule has 0 aromatic heterocycles. The predicted octanol–water partition coefficient (Wildman–Crippen LogP) is -0.472. The summed E-state index contributed by atoms with van der Waals surface area (Å²) < 4.78 is 4.47. The Kier molecular flexibility index (Phi) is 6.90. The molecular weight excluding hydrogens is 274 g/mol. The zero-order chi connectivity index (χ0) is 15.7. The minimum absolute atomic E-state index is 0.180. The molecule has 2 amide bonds. The first kappa shape index (κ1) is 16.6. The van der Waals surface area contributed by atoms with Crippen molar-refractivity contribution in [1.29, 1.82) is 0 Å². The minimum atomic E-state index is -0.995. The van der Waals surface area contributed by atoms with Crippen LogP contribution in [0.25, 0.3) is 0 Å². The molecule has 0 aliphatic rings. The highest BCUT2D eigenvalue weighted by atomic mass is 16.5. The summed E-state index contributed by atoms with van der Waals surface area (Å²) in [6.45, 7) is 1.44. The lowest BCUT2D eigenvalue weighted by atomic mass is 10.2. The van der Waals surface area contributed by atoms with E-state index in [9.17, 15) is 14.4 Å². The zero-order valence-electron chi connectivity index (χ0n) is 12.0. The number of amides is 2. The molecule has 1 unspecified atom stereocenters. The molecule has 0 heterocycles. The maximum absolute atomic E-state index is 12.0. The first-order valence-corrected chi connectivity index (χ1v) is 6.42. The number of ether oxygens (including phenoxy) is 1. The lowest BCUT2D eigenvalue weighted by Gasteiger charge is -2.18. The topological polar surface area (TPSA) is 96.5 Å². The summed E-state index contributed by atoms with van der Waals surface area (Å²) in [6.07, 6.45) is -0.995. The van der Waals surface area contributed by atoms with Crippen LogP contribution >= 0.6 is 0 Å². The van der Waals surface area contributed by atoms with E-state index in [-0.39, 0.29) is 12.5 Å². The zero-order valence-corrected chi connectivity index (χ0v) is 12.0. The van der Waals surface area contributed by atoms with Crippen LogP contribution in [0.2, 0.25) is 0 Å². The molecule has 0 aliphatic carbocycles. The fourth-order valence-electron chi connectivity index (χ4n) is 1.56. The minimum Gasteiger partial charge on any atom is -0.468 e. The molecule has 1 atom stereocenters. The first-order valence-electron chi connectivity index (χ1n) is 6.42. The lowest BCUT2D eigenvalue weighted by Crippen LogP contribution is -2.55. The van der Waals surface area contributed by atoms with Gasteiger partial charge in [-0.15, -0.1) is 0 Å². The molecule has 3 N–H and O–H groups in total. The Morgan fingerprint density at radius 1 is 1.19 bits per heavy atom. The Hall–Kier alpha value is -2.41. The number of hydrogen-bond donors (Lipinski definition) is 3. The first-order chi connectivity index (χ1) is 10.0. The molecule has 1 aromatic carbocycles. The second kappa shape index (κ2) is 8.70. The molecule has 0 fully saturated rings. The van der Waals surface area contributed by atoms with Crippen LogP contribution in [0.4, 0.5) is 0 Å². The maximum atomic E-state index is 12.0. The van der Waals surface area contributed by atoms with Crippen LogP contribution in [0, 0.1) is 0 Å². The van der Waals surface area contributed by atoms with Crippen molar-refractivity contribution in [2.45, 2.75) is 19.6 Å². The van der Waals surface area contributed by atoms with Gasteiger partial charge in [-0.3, -0.25) is 19.7 Å². The van der Waals surface area contributed by atoms with Crippen molar-refractivity contribution >= 4 is 17.8 Å². The highest BCUT2D eigenvalue weighted by Gasteiger charge is 2.19.